The average Bonchev–Trinajstić information content (AvgIpc) is 2.54. The second-order valence-corrected chi connectivity index (χ2v) is 5.95. The highest BCUT2D eigenvalue weighted by Crippen LogP contribution is 2.34. The lowest BCUT2D eigenvalue weighted by Gasteiger charge is -2.11. The third-order valence-corrected chi connectivity index (χ3v) is 4.02. The molecule has 1 aromatic heterocycles. The van der Waals surface area contributed by atoms with Gasteiger partial charge in [-0.3, -0.25) is 0 Å². The summed E-state index contributed by atoms with van der Waals surface area (Å²) in [6.07, 6.45) is 0. The maximum atomic E-state index is 14.3. The summed E-state index contributed by atoms with van der Waals surface area (Å²) in [5.74, 6) is -1.07. The molecular formula is C18H10BrF2N3. The molecule has 3 nitrogen and oxygen atoms in total. The Balaban J connectivity index is 2.29. The van der Waals surface area contributed by atoms with Gasteiger partial charge in [0.25, 0.3) is 0 Å². The van der Waals surface area contributed by atoms with Gasteiger partial charge >= 0.3 is 0 Å². The van der Waals surface area contributed by atoms with Crippen molar-refractivity contribution >= 4 is 21.7 Å². The van der Waals surface area contributed by atoms with Gasteiger partial charge in [0.2, 0.25) is 0 Å². The summed E-state index contributed by atoms with van der Waals surface area (Å²) >= 11 is 3.19. The van der Waals surface area contributed by atoms with Crippen LogP contribution in [-0.4, -0.2) is 4.98 Å². The van der Waals surface area contributed by atoms with Crippen LogP contribution in [0.4, 0.5) is 14.6 Å². The topological polar surface area (TPSA) is 62.7 Å². The third-order valence-electron chi connectivity index (χ3n) is 3.53. The molecule has 0 atom stereocenters. The van der Waals surface area contributed by atoms with Gasteiger partial charge in [0, 0.05) is 21.2 Å². The number of anilines is 1. The van der Waals surface area contributed by atoms with E-state index in [9.17, 15) is 14.0 Å². The van der Waals surface area contributed by atoms with Crippen molar-refractivity contribution < 1.29 is 8.78 Å². The van der Waals surface area contributed by atoms with Gasteiger partial charge in [-0.25, -0.2) is 13.8 Å². The Morgan fingerprint density at radius 1 is 0.958 bits per heavy atom. The zero-order chi connectivity index (χ0) is 17.3. The molecule has 0 radical (unpaired) electrons. The second kappa shape index (κ2) is 6.38. The van der Waals surface area contributed by atoms with Gasteiger partial charge in [-0.05, 0) is 30.3 Å². The Labute approximate surface area is 145 Å². The Hall–Kier alpha value is -2.78. The molecule has 0 bridgehead atoms. The molecule has 0 spiro atoms. The lowest BCUT2D eigenvalue weighted by Crippen LogP contribution is -2.01. The molecule has 3 rings (SSSR count). The molecule has 0 saturated carbocycles. The number of nitrogens with two attached hydrogens (primary N) is 1. The fraction of sp³-hybridized carbons (Fsp3) is 0. The van der Waals surface area contributed by atoms with E-state index in [2.05, 4.69) is 20.9 Å². The smallest absolute Gasteiger partial charge is 0.142 e. The van der Waals surface area contributed by atoms with Crippen molar-refractivity contribution in [2.45, 2.75) is 0 Å². The Bertz CT molecular complexity index is 980. The Morgan fingerprint density at radius 3 is 2.38 bits per heavy atom. The summed E-state index contributed by atoms with van der Waals surface area (Å²) < 4.78 is 28.9. The zero-order valence-electron chi connectivity index (χ0n) is 12.2. The number of benzene rings is 2. The summed E-state index contributed by atoms with van der Waals surface area (Å²) in [4.78, 5) is 4.09. The summed E-state index contributed by atoms with van der Waals surface area (Å²) in [6.45, 7) is 0. The van der Waals surface area contributed by atoms with Crippen LogP contribution >= 0.6 is 15.9 Å². The average molecular weight is 386 g/mol. The molecule has 0 aliphatic rings. The monoisotopic (exact) mass is 385 g/mol. The van der Waals surface area contributed by atoms with E-state index in [0.29, 0.717) is 4.47 Å². The van der Waals surface area contributed by atoms with Crippen molar-refractivity contribution in [1.29, 1.82) is 5.26 Å². The first-order valence-corrected chi connectivity index (χ1v) is 7.71. The van der Waals surface area contributed by atoms with Crippen LogP contribution in [-0.2, 0) is 0 Å². The summed E-state index contributed by atoms with van der Waals surface area (Å²) in [5.41, 5.74) is 6.84. The predicted molar refractivity (Wildman–Crippen MR) is 91.9 cm³/mol. The largest absolute Gasteiger partial charge is 0.383 e. The molecule has 0 amide bonds. The van der Waals surface area contributed by atoms with Crippen molar-refractivity contribution in [2.24, 2.45) is 0 Å². The highest BCUT2D eigenvalue weighted by Gasteiger charge is 2.17. The standard InChI is InChI=1S/C18H10BrF2N3/c19-10-5-6-11(16(21)7-10)13-8-17(24-18(23)14(13)9-22)12-3-1-2-4-15(12)20/h1-8H,(H2,23,24). The van der Waals surface area contributed by atoms with Crippen molar-refractivity contribution in [1.82, 2.24) is 4.98 Å². The van der Waals surface area contributed by atoms with Crippen LogP contribution in [0.15, 0.2) is 53.0 Å². The number of nitrogens with zero attached hydrogens (tertiary/aromatic N) is 2. The molecule has 3 aromatic rings. The van der Waals surface area contributed by atoms with Crippen molar-refractivity contribution in [3.63, 3.8) is 0 Å². The fourth-order valence-corrected chi connectivity index (χ4v) is 2.74. The molecule has 2 N–H and O–H groups in total. The molecule has 24 heavy (non-hydrogen) atoms. The van der Waals surface area contributed by atoms with E-state index in [4.69, 9.17) is 5.73 Å². The Morgan fingerprint density at radius 2 is 1.71 bits per heavy atom. The first kappa shape index (κ1) is 16.1. The van der Waals surface area contributed by atoms with Crippen molar-refractivity contribution in [3.8, 4) is 28.5 Å². The van der Waals surface area contributed by atoms with Crippen LogP contribution in [0.1, 0.15) is 5.56 Å². The number of nitriles is 1. The normalized spacial score (nSPS) is 10.4. The van der Waals surface area contributed by atoms with Gasteiger partial charge < -0.3 is 5.73 Å². The molecule has 118 valence electrons. The Kier molecular flexibility index (Phi) is 4.28. The molecule has 6 heteroatoms. The van der Waals surface area contributed by atoms with Gasteiger partial charge in [0.15, 0.2) is 0 Å². The van der Waals surface area contributed by atoms with Crippen LogP contribution < -0.4 is 5.73 Å². The zero-order valence-corrected chi connectivity index (χ0v) is 13.8. The molecule has 2 aromatic carbocycles. The number of pyridine rings is 1. The first-order chi connectivity index (χ1) is 11.5. The first-order valence-electron chi connectivity index (χ1n) is 6.92. The third kappa shape index (κ3) is 2.86. The van der Waals surface area contributed by atoms with Gasteiger partial charge in [-0.1, -0.05) is 34.1 Å². The van der Waals surface area contributed by atoms with Crippen LogP contribution in [0.2, 0.25) is 0 Å². The lowest BCUT2D eigenvalue weighted by molar-refractivity contribution is 0.630. The summed E-state index contributed by atoms with van der Waals surface area (Å²) in [5, 5.41) is 9.35. The minimum atomic E-state index is -0.522. The number of rotatable bonds is 2. The van der Waals surface area contributed by atoms with E-state index < -0.39 is 11.6 Å². The van der Waals surface area contributed by atoms with E-state index in [1.807, 2.05) is 6.07 Å². The van der Waals surface area contributed by atoms with Gasteiger partial charge in [-0.15, -0.1) is 0 Å². The lowest BCUT2D eigenvalue weighted by atomic mass is 9.98. The van der Waals surface area contributed by atoms with Crippen LogP contribution in [0, 0.1) is 23.0 Å². The number of halogens is 3. The van der Waals surface area contributed by atoms with Crippen molar-refractivity contribution in [3.05, 3.63) is 70.2 Å². The van der Waals surface area contributed by atoms with Gasteiger partial charge in [0.1, 0.15) is 29.1 Å². The molecule has 0 fully saturated rings. The number of hydrogen-bond donors (Lipinski definition) is 1. The maximum Gasteiger partial charge on any atom is 0.142 e. The van der Waals surface area contributed by atoms with Crippen LogP contribution in [0.5, 0.6) is 0 Å². The molecule has 0 aliphatic carbocycles. The van der Waals surface area contributed by atoms with E-state index >= 15 is 0 Å². The highest BCUT2D eigenvalue weighted by atomic mass is 79.9. The van der Waals surface area contributed by atoms with Gasteiger partial charge in [-0.2, -0.15) is 5.26 Å². The quantitative estimate of drug-likeness (QED) is 0.681. The highest BCUT2D eigenvalue weighted by molar-refractivity contribution is 9.10. The molecule has 0 unspecified atom stereocenters. The summed E-state index contributed by atoms with van der Waals surface area (Å²) in [6, 6.07) is 13.9. The van der Waals surface area contributed by atoms with Crippen LogP contribution in [0.3, 0.4) is 0 Å². The SMILES string of the molecule is N#Cc1c(-c2ccc(Br)cc2F)cc(-c2ccccc2F)nc1N. The van der Waals surface area contributed by atoms with Gasteiger partial charge in [0.05, 0.1) is 5.69 Å². The fourth-order valence-electron chi connectivity index (χ4n) is 2.41. The van der Waals surface area contributed by atoms with Crippen molar-refractivity contribution in [2.75, 3.05) is 5.73 Å². The second-order valence-electron chi connectivity index (χ2n) is 5.03. The molecule has 1 heterocycles. The minimum Gasteiger partial charge on any atom is -0.383 e. The van der Waals surface area contributed by atoms with E-state index in [1.54, 1.807) is 24.3 Å². The minimum absolute atomic E-state index is 0.0521. The molecule has 0 aliphatic heterocycles. The number of nitrogen functional groups attached to an aromatic ring is 1. The number of hydrogen-bond acceptors (Lipinski definition) is 3. The molecular weight excluding hydrogens is 376 g/mol. The predicted octanol–water partition coefficient (Wildman–Crippen LogP) is 4.91. The number of aromatic nitrogens is 1. The van der Waals surface area contributed by atoms with E-state index in [0.717, 1.165) is 0 Å². The van der Waals surface area contributed by atoms with Crippen LogP contribution in [0.25, 0.3) is 22.4 Å². The van der Waals surface area contributed by atoms with E-state index in [1.165, 1.54) is 24.3 Å². The molecule has 0 saturated heterocycles. The van der Waals surface area contributed by atoms with E-state index in [-0.39, 0.29) is 33.8 Å². The summed E-state index contributed by atoms with van der Waals surface area (Å²) in [7, 11) is 0. The maximum absolute atomic E-state index is 14.3.